The van der Waals surface area contributed by atoms with E-state index < -0.39 is 23.0 Å². The molecule has 0 fully saturated rings. The molecule has 0 radical (unpaired) electrons. The maximum absolute atomic E-state index is 12.9. The standard InChI is InChI=1S/C18H36N2O4/c1-13(2)11-23-15(21)17(5,19(7)8)18(6,20(9)10)16(22)24-12-14(3)4/h13-14H,11-12H2,1-10H3. The minimum Gasteiger partial charge on any atom is -0.464 e. The van der Waals surface area contributed by atoms with Crippen LogP contribution in [0.4, 0.5) is 0 Å². The third kappa shape index (κ3) is 4.70. The Morgan fingerprint density at radius 1 is 0.750 bits per heavy atom. The zero-order valence-electron chi connectivity index (χ0n) is 17.1. The van der Waals surface area contributed by atoms with Gasteiger partial charge < -0.3 is 9.47 Å². The maximum Gasteiger partial charge on any atom is 0.328 e. The SMILES string of the molecule is CC(C)COC(=O)C(C)(N(C)C)C(C)(C(=O)OCC(C)C)N(C)C. The number of hydrogen-bond acceptors (Lipinski definition) is 6. The van der Waals surface area contributed by atoms with Gasteiger partial charge in [-0.2, -0.15) is 0 Å². The van der Waals surface area contributed by atoms with Crippen LogP contribution in [0.25, 0.3) is 0 Å². The molecule has 142 valence electrons. The van der Waals surface area contributed by atoms with E-state index in [1.165, 1.54) is 0 Å². The van der Waals surface area contributed by atoms with Crippen LogP contribution in [0.3, 0.4) is 0 Å². The van der Waals surface area contributed by atoms with Crippen molar-refractivity contribution in [1.29, 1.82) is 0 Å². The lowest BCUT2D eigenvalue weighted by Gasteiger charge is -2.49. The second-order valence-electron chi connectivity index (χ2n) is 7.92. The first-order valence-electron chi connectivity index (χ1n) is 8.51. The van der Waals surface area contributed by atoms with Gasteiger partial charge in [-0.15, -0.1) is 0 Å². The Morgan fingerprint density at radius 3 is 1.17 bits per heavy atom. The van der Waals surface area contributed by atoms with Gasteiger partial charge in [-0.1, -0.05) is 27.7 Å². The largest absolute Gasteiger partial charge is 0.464 e. The molecule has 2 atom stereocenters. The van der Waals surface area contributed by atoms with E-state index in [-0.39, 0.29) is 11.8 Å². The second-order valence-corrected chi connectivity index (χ2v) is 7.92. The van der Waals surface area contributed by atoms with Crippen molar-refractivity contribution in [2.75, 3.05) is 41.4 Å². The van der Waals surface area contributed by atoms with Gasteiger partial charge in [0.25, 0.3) is 0 Å². The van der Waals surface area contributed by atoms with Crippen LogP contribution in [0.15, 0.2) is 0 Å². The van der Waals surface area contributed by atoms with Crippen molar-refractivity contribution in [1.82, 2.24) is 9.80 Å². The molecule has 0 aliphatic heterocycles. The third-order valence-corrected chi connectivity index (χ3v) is 4.63. The minimum atomic E-state index is -1.19. The molecule has 0 aliphatic rings. The van der Waals surface area contributed by atoms with Crippen LogP contribution in [0.5, 0.6) is 0 Å². The molecule has 0 saturated heterocycles. The Morgan fingerprint density at radius 2 is 1.00 bits per heavy atom. The van der Waals surface area contributed by atoms with E-state index in [9.17, 15) is 9.59 Å². The van der Waals surface area contributed by atoms with Crippen molar-refractivity contribution < 1.29 is 19.1 Å². The molecule has 0 aromatic carbocycles. The molecular formula is C18H36N2O4. The van der Waals surface area contributed by atoms with Crippen molar-refractivity contribution in [3.05, 3.63) is 0 Å². The maximum atomic E-state index is 12.9. The summed E-state index contributed by atoms with van der Waals surface area (Å²) in [5.41, 5.74) is -2.39. The normalized spacial score (nSPS) is 17.1. The Balaban J connectivity index is 5.80. The summed E-state index contributed by atoms with van der Waals surface area (Å²) >= 11 is 0. The Kier molecular flexibility index (Phi) is 8.39. The molecule has 0 N–H and O–H groups in total. The van der Waals surface area contributed by atoms with Crippen LogP contribution in [0, 0.1) is 11.8 Å². The molecular weight excluding hydrogens is 308 g/mol. The quantitative estimate of drug-likeness (QED) is 0.597. The Labute approximate surface area is 147 Å². The molecule has 6 heteroatoms. The molecule has 0 spiro atoms. The van der Waals surface area contributed by atoms with Crippen LogP contribution >= 0.6 is 0 Å². The summed E-state index contributed by atoms with van der Waals surface area (Å²) in [5.74, 6) is -0.421. The van der Waals surface area contributed by atoms with Crippen molar-refractivity contribution in [2.24, 2.45) is 11.8 Å². The van der Waals surface area contributed by atoms with Crippen molar-refractivity contribution in [2.45, 2.75) is 52.6 Å². The molecule has 0 saturated carbocycles. The highest BCUT2D eigenvalue weighted by atomic mass is 16.5. The molecule has 0 aliphatic carbocycles. The number of likely N-dealkylation sites (N-methyl/N-ethyl adjacent to an activating group) is 2. The first kappa shape index (κ1) is 22.9. The zero-order valence-corrected chi connectivity index (χ0v) is 17.1. The average molecular weight is 344 g/mol. The van der Waals surface area contributed by atoms with Gasteiger partial charge in [0.1, 0.15) is 11.1 Å². The van der Waals surface area contributed by atoms with Crippen molar-refractivity contribution in [3.8, 4) is 0 Å². The molecule has 0 rings (SSSR count). The van der Waals surface area contributed by atoms with Gasteiger partial charge in [-0.25, -0.2) is 9.59 Å². The number of esters is 2. The van der Waals surface area contributed by atoms with E-state index in [1.807, 2.05) is 27.7 Å². The molecule has 24 heavy (non-hydrogen) atoms. The number of carbonyl (C=O) groups excluding carboxylic acids is 2. The summed E-state index contributed by atoms with van der Waals surface area (Å²) in [6.07, 6.45) is 0. The summed E-state index contributed by atoms with van der Waals surface area (Å²) in [6.45, 7) is 12.0. The van der Waals surface area contributed by atoms with E-state index in [2.05, 4.69) is 0 Å². The van der Waals surface area contributed by atoms with Crippen LogP contribution in [0.2, 0.25) is 0 Å². The fourth-order valence-electron chi connectivity index (χ4n) is 2.40. The van der Waals surface area contributed by atoms with Gasteiger partial charge >= 0.3 is 11.9 Å². The van der Waals surface area contributed by atoms with E-state index >= 15 is 0 Å². The lowest BCUT2D eigenvalue weighted by molar-refractivity contribution is -0.182. The Hall–Kier alpha value is -1.14. The number of hydrogen-bond donors (Lipinski definition) is 0. The number of carbonyl (C=O) groups is 2. The van der Waals surface area contributed by atoms with Gasteiger partial charge in [0.15, 0.2) is 0 Å². The molecule has 6 nitrogen and oxygen atoms in total. The van der Waals surface area contributed by atoms with Gasteiger partial charge in [0, 0.05) is 0 Å². The van der Waals surface area contributed by atoms with Crippen LogP contribution in [-0.4, -0.2) is 74.2 Å². The lowest BCUT2D eigenvalue weighted by Crippen LogP contribution is -2.73. The molecule has 0 amide bonds. The third-order valence-electron chi connectivity index (χ3n) is 4.63. The van der Waals surface area contributed by atoms with Crippen LogP contribution in [0.1, 0.15) is 41.5 Å². The highest BCUT2D eigenvalue weighted by Crippen LogP contribution is 2.34. The topological polar surface area (TPSA) is 59.1 Å². The van der Waals surface area contributed by atoms with Crippen LogP contribution < -0.4 is 0 Å². The fraction of sp³-hybridized carbons (Fsp3) is 0.889. The predicted molar refractivity (Wildman–Crippen MR) is 95.8 cm³/mol. The minimum absolute atomic E-state index is 0.221. The zero-order chi connectivity index (χ0) is 19.3. The van der Waals surface area contributed by atoms with Gasteiger partial charge in [-0.05, 0) is 53.9 Å². The number of nitrogens with zero attached hydrogens (tertiary/aromatic N) is 2. The highest BCUT2D eigenvalue weighted by molar-refractivity contribution is 5.94. The van der Waals surface area contributed by atoms with Crippen LogP contribution in [-0.2, 0) is 19.1 Å². The summed E-state index contributed by atoms with van der Waals surface area (Å²) in [5, 5.41) is 0. The summed E-state index contributed by atoms with van der Waals surface area (Å²) in [6, 6.07) is 0. The molecule has 2 unspecified atom stereocenters. The van der Waals surface area contributed by atoms with E-state index in [0.29, 0.717) is 13.2 Å². The number of ether oxygens (including phenoxy) is 2. The van der Waals surface area contributed by atoms with E-state index in [4.69, 9.17) is 9.47 Å². The molecule has 0 heterocycles. The predicted octanol–water partition coefficient (Wildman–Crippen LogP) is 2.03. The lowest BCUT2D eigenvalue weighted by atomic mass is 9.77. The summed E-state index contributed by atoms with van der Waals surface area (Å²) in [4.78, 5) is 29.3. The van der Waals surface area contributed by atoms with Gasteiger partial charge in [-0.3, -0.25) is 9.80 Å². The summed E-state index contributed by atoms with van der Waals surface area (Å²) in [7, 11) is 7.09. The first-order chi connectivity index (χ1) is 10.8. The second kappa shape index (κ2) is 8.81. The molecule has 0 bridgehead atoms. The van der Waals surface area contributed by atoms with Crippen molar-refractivity contribution in [3.63, 3.8) is 0 Å². The Bertz CT molecular complexity index is 395. The first-order valence-corrected chi connectivity index (χ1v) is 8.51. The smallest absolute Gasteiger partial charge is 0.328 e. The summed E-state index contributed by atoms with van der Waals surface area (Å²) < 4.78 is 11.0. The highest BCUT2D eigenvalue weighted by Gasteiger charge is 2.60. The van der Waals surface area contributed by atoms with Gasteiger partial charge in [0.2, 0.25) is 0 Å². The van der Waals surface area contributed by atoms with E-state index in [0.717, 1.165) is 0 Å². The molecule has 0 aromatic heterocycles. The van der Waals surface area contributed by atoms with E-state index in [1.54, 1.807) is 51.8 Å². The molecule has 0 aromatic rings. The van der Waals surface area contributed by atoms with Crippen molar-refractivity contribution >= 4 is 11.9 Å². The number of rotatable bonds is 9. The average Bonchev–Trinajstić information content (AvgIpc) is 2.47. The fourth-order valence-corrected chi connectivity index (χ4v) is 2.40. The monoisotopic (exact) mass is 344 g/mol. The van der Waals surface area contributed by atoms with Gasteiger partial charge in [0.05, 0.1) is 13.2 Å².